The molecule has 0 aliphatic carbocycles. The molecule has 1 amide bonds. The fourth-order valence-electron chi connectivity index (χ4n) is 3.29. The Labute approximate surface area is 199 Å². The van der Waals surface area contributed by atoms with Crippen LogP contribution in [0.2, 0.25) is 5.02 Å². The quantitative estimate of drug-likeness (QED) is 0.343. The molecule has 0 bridgehead atoms. The standard InChI is InChI=1S/C20H27ClN6O2.HI/c1-4-22-20(23-12-18(29-3)15-6-5-7-16(21)10-15)26-8-9-27(19(28)14-26)17-11-24-25(2)13-17;/h5-7,10-11,13,18H,4,8-9,12,14H2,1-3H3,(H,22,23);1H. The van der Waals surface area contributed by atoms with Gasteiger partial charge in [0.05, 0.1) is 18.4 Å². The van der Waals surface area contributed by atoms with E-state index in [1.54, 1.807) is 22.9 Å². The maximum atomic E-state index is 12.7. The van der Waals surface area contributed by atoms with E-state index in [9.17, 15) is 4.79 Å². The van der Waals surface area contributed by atoms with Crippen molar-refractivity contribution in [1.82, 2.24) is 20.0 Å². The predicted octanol–water partition coefficient (Wildman–Crippen LogP) is 2.69. The third-order valence-corrected chi connectivity index (χ3v) is 5.00. The van der Waals surface area contributed by atoms with E-state index >= 15 is 0 Å². The van der Waals surface area contributed by atoms with Crippen molar-refractivity contribution in [3.8, 4) is 0 Å². The molecule has 2 heterocycles. The number of guanidine groups is 1. The number of hydrogen-bond donors (Lipinski definition) is 1. The van der Waals surface area contributed by atoms with Crippen molar-refractivity contribution in [1.29, 1.82) is 0 Å². The zero-order valence-corrected chi connectivity index (χ0v) is 20.5. The highest BCUT2D eigenvalue weighted by molar-refractivity contribution is 14.0. The smallest absolute Gasteiger partial charge is 0.246 e. The number of aliphatic imine (C=N–C) groups is 1. The van der Waals surface area contributed by atoms with Crippen LogP contribution in [0.5, 0.6) is 0 Å². The molecule has 0 saturated carbocycles. The van der Waals surface area contributed by atoms with Gasteiger partial charge in [-0.3, -0.25) is 14.5 Å². The summed E-state index contributed by atoms with van der Waals surface area (Å²) in [6, 6.07) is 7.58. The Balaban J connectivity index is 0.00000320. The number of methoxy groups -OCH3 is 1. The van der Waals surface area contributed by atoms with Gasteiger partial charge in [-0.2, -0.15) is 5.10 Å². The van der Waals surface area contributed by atoms with Gasteiger partial charge in [0.15, 0.2) is 5.96 Å². The molecule has 3 rings (SSSR count). The molecule has 0 radical (unpaired) electrons. The fraction of sp³-hybridized carbons (Fsp3) is 0.450. The number of amides is 1. The first-order valence-corrected chi connectivity index (χ1v) is 10.00. The molecule has 2 aromatic rings. The molecule has 8 nitrogen and oxygen atoms in total. The van der Waals surface area contributed by atoms with Crippen LogP contribution in [0.4, 0.5) is 5.69 Å². The molecule has 1 unspecified atom stereocenters. The van der Waals surface area contributed by atoms with E-state index in [1.807, 2.05) is 49.3 Å². The molecule has 164 valence electrons. The second-order valence-corrected chi connectivity index (χ2v) is 7.25. The van der Waals surface area contributed by atoms with Crippen molar-refractivity contribution < 1.29 is 9.53 Å². The number of halogens is 2. The van der Waals surface area contributed by atoms with Gasteiger partial charge in [0, 0.05) is 45.0 Å². The molecule has 1 fully saturated rings. The Morgan fingerprint density at radius 2 is 2.20 bits per heavy atom. The number of benzene rings is 1. The summed E-state index contributed by atoms with van der Waals surface area (Å²) in [5.74, 6) is 0.726. The van der Waals surface area contributed by atoms with Crippen molar-refractivity contribution in [3.05, 3.63) is 47.2 Å². The van der Waals surface area contributed by atoms with E-state index in [0.29, 0.717) is 37.2 Å². The molecular formula is C20H28ClIN6O2. The number of nitrogens with zero attached hydrogens (tertiary/aromatic N) is 5. The summed E-state index contributed by atoms with van der Waals surface area (Å²) >= 11 is 6.10. The van der Waals surface area contributed by atoms with Gasteiger partial charge in [0.1, 0.15) is 12.6 Å². The predicted molar refractivity (Wildman–Crippen MR) is 130 cm³/mol. The van der Waals surface area contributed by atoms with Gasteiger partial charge in [0.2, 0.25) is 5.91 Å². The van der Waals surface area contributed by atoms with Crippen LogP contribution >= 0.6 is 35.6 Å². The number of aryl methyl sites for hydroxylation is 1. The monoisotopic (exact) mass is 546 g/mol. The van der Waals surface area contributed by atoms with Gasteiger partial charge in [0.25, 0.3) is 0 Å². The number of anilines is 1. The lowest BCUT2D eigenvalue weighted by molar-refractivity contribution is -0.120. The van der Waals surface area contributed by atoms with E-state index in [0.717, 1.165) is 11.3 Å². The molecule has 1 saturated heterocycles. The van der Waals surface area contributed by atoms with Crippen molar-refractivity contribution in [2.75, 3.05) is 44.7 Å². The SMILES string of the molecule is CCNC(=NCC(OC)c1cccc(Cl)c1)N1CCN(c2cnn(C)c2)C(=O)C1.I. The average molecular weight is 547 g/mol. The lowest BCUT2D eigenvalue weighted by Crippen LogP contribution is -2.55. The van der Waals surface area contributed by atoms with E-state index in [-0.39, 0.29) is 42.5 Å². The van der Waals surface area contributed by atoms with Gasteiger partial charge in [-0.25, -0.2) is 0 Å². The molecule has 10 heteroatoms. The topological polar surface area (TPSA) is 75.0 Å². The fourth-order valence-corrected chi connectivity index (χ4v) is 3.49. The number of nitrogens with one attached hydrogen (secondary N) is 1. The summed E-state index contributed by atoms with van der Waals surface area (Å²) in [5.41, 5.74) is 1.79. The zero-order valence-electron chi connectivity index (χ0n) is 17.4. The largest absolute Gasteiger partial charge is 0.375 e. The Morgan fingerprint density at radius 1 is 1.40 bits per heavy atom. The first kappa shape index (κ1) is 24.4. The molecule has 1 aromatic carbocycles. The van der Waals surface area contributed by atoms with Crippen LogP contribution in [0.1, 0.15) is 18.6 Å². The van der Waals surface area contributed by atoms with Crippen LogP contribution in [0.15, 0.2) is 41.7 Å². The normalized spacial score (nSPS) is 15.7. The van der Waals surface area contributed by atoms with E-state index in [1.165, 1.54) is 0 Å². The van der Waals surface area contributed by atoms with Gasteiger partial charge in [-0.15, -0.1) is 24.0 Å². The molecule has 30 heavy (non-hydrogen) atoms. The summed E-state index contributed by atoms with van der Waals surface area (Å²) in [5, 5.41) is 8.10. The number of hydrogen-bond acceptors (Lipinski definition) is 4. The van der Waals surface area contributed by atoms with Crippen LogP contribution in [0.25, 0.3) is 0 Å². The number of carbonyl (C=O) groups excluding carboxylic acids is 1. The Bertz CT molecular complexity index is 874. The minimum atomic E-state index is -0.213. The minimum absolute atomic E-state index is 0. The summed E-state index contributed by atoms with van der Waals surface area (Å²) in [7, 11) is 3.50. The Hall–Kier alpha value is -1.85. The second-order valence-electron chi connectivity index (χ2n) is 6.81. The van der Waals surface area contributed by atoms with Gasteiger partial charge < -0.3 is 19.9 Å². The average Bonchev–Trinajstić information content (AvgIpc) is 3.13. The zero-order chi connectivity index (χ0) is 20.8. The third-order valence-electron chi connectivity index (χ3n) is 4.77. The number of carbonyl (C=O) groups is 1. The second kappa shape index (κ2) is 11.5. The summed E-state index contributed by atoms with van der Waals surface area (Å²) in [6.07, 6.45) is 3.34. The summed E-state index contributed by atoms with van der Waals surface area (Å²) < 4.78 is 7.30. The molecule has 1 atom stereocenters. The molecule has 0 spiro atoms. The number of aromatic nitrogens is 2. The van der Waals surface area contributed by atoms with E-state index in [4.69, 9.17) is 21.3 Å². The van der Waals surface area contributed by atoms with Crippen LogP contribution in [0, 0.1) is 0 Å². The van der Waals surface area contributed by atoms with Crippen LogP contribution < -0.4 is 10.2 Å². The van der Waals surface area contributed by atoms with E-state index in [2.05, 4.69) is 10.4 Å². The molecule has 1 N–H and O–H groups in total. The third kappa shape index (κ3) is 6.08. The minimum Gasteiger partial charge on any atom is -0.375 e. The summed E-state index contributed by atoms with van der Waals surface area (Å²) in [4.78, 5) is 21.2. The number of ether oxygens (including phenoxy) is 1. The van der Waals surface area contributed by atoms with Crippen molar-refractivity contribution in [3.63, 3.8) is 0 Å². The maximum Gasteiger partial charge on any atom is 0.246 e. The van der Waals surface area contributed by atoms with Crippen LogP contribution in [-0.2, 0) is 16.6 Å². The molecule has 1 aliphatic heterocycles. The molecule has 1 aliphatic rings. The van der Waals surface area contributed by atoms with E-state index < -0.39 is 0 Å². The lowest BCUT2D eigenvalue weighted by Gasteiger charge is -2.35. The first-order valence-electron chi connectivity index (χ1n) is 9.62. The lowest BCUT2D eigenvalue weighted by atomic mass is 10.1. The number of rotatable bonds is 6. The van der Waals surface area contributed by atoms with Crippen molar-refractivity contribution >= 4 is 53.1 Å². The van der Waals surface area contributed by atoms with Crippen molar-refractivity contribution in [2.45, 2.75) is 13.0 Å². The van der Waals surface area contributed by atoms with Crippen molar-refractivity contribution in [2.24, 2.45) is 12.0 Å². The molecular weight excluding hydrogens is 519 g/mol. The van der Waals surface area contributed by atoms with Crippen LogP contribution in [0.3, 0.4) is 0 Å². The summed E-state index contributed by atoms with van der Waals surface area (Å²) in [6.45, 7) is 4.67. The van der Waals surface area contributed by atoms with Gasteiger partial charge in [-0.05, 0) is 24.6 Å². The van der Waals surface area contributed by atoms with Gasteiger partial charge in [-0.1, -0.05) is 23.7 Å². The van der Waals surface area contributed by atoms with Crippen LogP contribution in [-0.4, -0.2) is 66.4 Å². The highest BCUT2D eigenvalue weighted by atomic mass is 127. The Kier molecular flexibility index (Phi) is 9.37. The first-order chi connectivity index (χ1) is 14.0. The highest BCUT2D eigenvalue weighted by Gasteiger charge is 2.27. The number of piperazine rings is 1. The highest BCUT2D eigenvalue weighted by Crippen LogP contribution is 2.21. The maximum absolute atomic E-state index is 12.7. The molecule has 1 aromatic heterocycles. The Morgan fingerprint density at radius 3 is 2.80 bits per heavy atom. The van der Waals surface area contributed by atoms with Gasteiger partial charge >= 0.3 is 0 Å².